The number of hydrogen-bond donors (Lipinski definition) is 0. The molecule has 2 aromatic heterocycles. The zero-order valence-electron chi connectivity index (χ0n) is 15.3. The first-order valence-electron chi connectivity index (χ1n) is 8.23. The minimum atomic E-state index is -3.43. The third-order valence-electron chi connectivity index (χ3n) is 3.87. The summed E-state index contributed by atoms with van der Waals surface area (Å²) in [6, 6.07) is 3.60. The van der Waals surface area contributed by atoms with Crippen molar-refractivity contribution in [1.29, 1.82) is 0 Å². The summed E-state index contributed by atoms with van der Waals surface area (Å²) < 4.78 is 25.0. The molecule has 2 rings (SSSR count). The summed E-state index contributed by atoms with van der Waals surface area (Å²) in [5, 5.41) is 7.81. The molecule has 0 radical (unpaired) electrons. The van der Waals surface area contributed by atoms with E-state index >= 15 is 0 Å². The number of rotatable bonds is 8. The average Bonchev–Trinajstić information content (AvgIpc) is 3.00. The van der Waals surface area contributed by atoms with Crippen LogP contribution in [0.3, 0.4) is 0 Å². The monoisotopic (exact) mass is 391 g/mol. The van der Waals surface area contributed by atoms with Gasteiger partial charge in [-0.1, -0.05) is 5.11 Å². The van der Waals surface area contributed by atoms with Gasteiger partial charge < -0.3 is 4.90 Å². The molecule has 2 aromatic rings. The van der Waals surface area contributed by atoms with Gasteiger partial charge in [0.15, 0.2) is 0 Å². The van der Waals surface area contributed by atoms with Crippen LogP contribution < -0.4 is 4.90 Å². The Morgan fingerprint density at radius 1 is 1.48 bits per heavy atom. The van der Waals surface area contributed by atoms with E-state index in [-0.39, 0.29) is 6.54 Å². The molecule has 0 spiro atoms. The third-order valence-corrected chi connectivity index (χ3v) is 4.88. The molecule has 1 atom stereocenters. The molecular weight excluding hydrogens is 370 g/mol. The van der Waals surface area contributed by atoms with Gasteiger partial charge in [0.1, 0.15) is 9.84 Å². The van der Waals surface area contributed by atoms with Gasteiger partial charge in [0, 0.05) is 30.5 Å². The molecule has 0 fully saturated rings. The number of carbonyl (C=O) groups excluding carboxylic acids is 1. The van der Waals surface area contributed by atoms with Crippen molar-refractivity contribution >= 4 is 21.4 Å². The van der Waals surface area contributed by atoms with Gasteiger partial charge in [0.2, 0.25) is 5.91 Å². The lowest BCUT2D eigenvalue weighted by Crippen LogP contribution is -2.40. The molecular formula is C16H21N7O3S. The molecule has 10 nitrogen and oxygen atoms in total. The van der Waals surface area contributed by atoms with Gasteiger partial charge >= 0.3 is 0 Å². The fourth-order valence-electron chi connectivity index (χ4n) is 2.71. The summed E-state index contributed by atoms with van der Waals surface area (Å²) in [6.07, 6.45) is 6.03. The molecule has 0 aromatic carbocycles. The molecule has 11 heteroatoms. The van der Waals surface area contributed by atoms with Gasteiger partial charge in [0.05, 0.1) is 41.1 Å². The highest BCUT2D eigenvalue weighted by Gasteiger charge is 2.29. The summed E-state index contributed by atoms with van der Waals surface area (Å²) in [6.45, 7) is 3.63. The number of amides is 1. The molecule has 0 bridgehead atoms. The standard InChI is InChI=1S/C16H21N7O3S/c1-4-22(16(24)13(8-19-21-17)11-27(3,25)26)15-10-23(20-12(15)2)14-6-5-7-18-9-14/h5-7,9-10,13H,4,8,11H2,1-3H3. The molecule has 1 amide bonds. The number of sulfone groups is 1. The van der Waals surface area contributed by atoms with E-state index in [4.69, 9.17) is 5.53 Å². The normalized spacial score (nSPS) is 12.3. The largest absolute Gasteiger partial charge is 0.309 e. The molecule has 0 saturated carbocycles. The number of anilines is 1. The van der Waals surface area contributed by atoms with E-state index in [1.165, 1.54) is 4.90 Å². The Bertz CT molecular complexity index is 950. The third kappa shape index (κ3) is 5.28. The van der Waals surface area contributed by atoms with Crippen LogP contribution in [0.4, 0.5) is 5.69 Å². The molecule has 2 heterocycles. The van der Waals surface area contributed by atoms with E-state index in [2.05, 4.69) is 20.1 Å². The Morgan fingerprint density at radius 2 is 2.22 bits per heavy atom. The summed E-state index contributed by atoms with van der Waals surface area (Å²) >= 11 is 0. The van der Waals surface area contributed by atoms with E-state index in [1.807, 2.05) is 6.07 Å². The molecule has 0 N–H and O–H groups in total. The first-order chi connectivity index (χ1) is 12.8. The van der Waals surface area contributed by atoms with Gasteiger partial charge in [-0.2, -0.15) is 5.10 Å². The molecule has 0 aliphatic carbocycles. The van der Waals surface area contributed by atoms with Crippen LogP contribution in [-0.2, 0) is 14.6 Å². The molecule has 27 heavy (non-hydrogen) atoms. The zero-order valence-corrected chi connectivity index (χ0v) is 16.2. The quantitative estimate of drug-likeness (QED) is 0.385. The highest BCUT2D eigenvalue weighted by Crippen LogP contribution is 2.23. The smallest absolute Gasteiger partial charge is 0.231 e. The summed E-state index contributed by atoms with van der Waals surface area (Å²) in [4.78, 5) is 21.1. The van der Waals surface area contributed by atoms with Crippen molar-refractivity contribution in [2.75, 3.05) is 30.0 Å². The number of aromatic nitrogens is 3. The van der Waals surface area contributed by atoms with Crippen molar-refractivity contribution in [2.45, 2.75) is 13.8 Å². The second-order valence-electron chi connectivity index (χ2n) is 6.04. The Morgan fingerprint density at radius 3 is 2.78 bits per heavy atom. The molecule has 144 valence electrons. The Kier molecular flexibility index (Phi) is 6.54. The van der Waals surface area contributed by atoms with E-state index in [0.29, 0.717) is 17.9 Å². The van der Waals surface area contributed by atoms with Gasteiger partial charge in [-0.15, -0.1) is 0 Å². The maximum absolute atomic E-state index is 13.0. The predicted molar refractivity (Wildman–Crippen MR) is 101 cm³/mol. The number of pyridine rings is 1. The average molecular weight is 391 g/mol. The van der Waals surface area contributed by atoms with E-state index in [1.54, 1.807) is 43.2 Å². The van der Waals surface area contributed by atoms with Crippen LogP contribution in [0.25, 0.3) is 16.1 Å². The lowest BCUT2D eigenvalue weighted by atomic mass is 10.1. The Labute approximate surface area is 157 Å². The fourth-order valence-corrected chi connectivity index (χ4v) is 3.68. The van der Waals surface area contributed by atoms with Gasteiger partial charge in [-0.3, -0.25) is 9.78 Å². The zero-order chi connectivity index (χ0) is 20.0. The van der Waals surface area contributed by atoms with Crippen LogP contribution in [-0.4, -0.2) is 54.2 Å². The van der Waals surface area contributed by atoms with Gasteiger partial charge in [-0.25, -0.2) is 13.1 Å². The number of carbonyl (C=O) groups is 1. The molecule has 0 saturated heterocycles. The number of aryl methyl sites for hydroxylation is 1. The summed E-state index contributed by atoms with van der Waals surface area (Å²) in [5.74, 6) is -1.78. The second kappa shape index (κ2) is 8.65. The van der Waals surface area contributed by atoms with Crippen molar-refractivity contribution < 1.29 is 13.2 Å². The molecule has 0 aliphatic rings. The maximum atomic E-state index is 13.0. The van der Waals surface area contributed by atoms with Crippen molar-refractivity contribution in [2.24, 2.45) is 11.0 Å². The molecule has 0 aliphatic heterocycles. The Balaban J connectivity index is 2.37. The fraction of sp³-hybridized carbons (Fsp3) is 0.438. The number of nitrogens with zero attached hydrogens (tertiary/aromatic N) is 7. The minimum absolute atomic E-state index is 0.227. The van der Waals surface area contributed by atoms with Crippen molar-refractivity contribution in [3.05, 3.63) is 46.9 Å². The van der Waals surface area contributed by atoms with Crippen molar-refractivity contribution in [3.63, 3.8) is 0 Å². The van der Waals surface area contributed by atoms with Crippen LogP contribution in [0.2, 0.25) is 0 Å². The van der Waals surface area contributed by atoms with Crippen molar-refractivity contribution in [1.82, 2.24) is 14.8 Å². The number of hydrogen-bond acceptors (Lipinski definition) is 6. The first-order valence-corrected chi connectivity index (χ1v) is 10.3. The Hall–Kier alpha value is -2.91. The second-order valence-corrected chi connectivity index (χ2v) is 8.23. The van der Waals surface area contributed by atoms with Crippen LogP contribution in [0.1, 0.15) is 12.6 Å². The predicted octanol–water partition coefficient (Wildman–Crippen LogP) is 1.90. The minimum Gasteiger partial charge on any atom is -0.309 e. The lowest BCUT2D eigenvalue weighted by Gasteiger charge is -2.24. The van der Waals surface area contributed by atoms with E-state index in [9.17, 15) is 13.2 Å². The maximum Gasteiger partial charge on any atom is 0.231 e. The van der Waals surface area contributed by atoms with Gasteiger partial charge in [-0.05, 0) is 31.5 Å². The van der Waals surface area contributed by atoms with E-state index in [0.717, 1.165) is 11.9 Å². The van der Waals surface area contributed by atoms with E-state index < -0.39 is 27.4 Å². The highest BCUT2D eigenvalue weighted by atomic mass is 32.2. The lowest BCUT2D eigenvalue weighted by molar-refractivity contribution is -0.121. The summed E-state index contributed by atoms with van der Waals surface area (Å²) in [5.41, 5.74) is 10.4. The number of azide groups is 1. The topological polar surface area (TPSA) is 134 Å². The first kappa shape index (κ1) is 20.4. The van der Waals surface area contributed by atoms with Crippen LogP contribution in [0, 0.1) is 12.8 Å². The summed E-state index contributed by atoms with van der Waals surface area (Å²) in [7, 11) is -3.43. The molecule has 1 unspecified atom stereocenters. The van der Waals surface area contributed by atoms with Crippen LogP contribution >= 0.6 is 0 Å². The highest BCUT2D eigenvalue weighted by molar-refractivity contribution is 7.90. The van der Waals surface area contributed by atoms with Crippen molar-refractivity contribution in [3.8, 4) is 5.69 Å². The van der Waals surface area contributed by atoms with Crippen LogP contribution in [0.15, 0.2) is 35.8 Å². The van der Waals surface area contributed by atoms with Gasteiger partial charge in [0.25, 0.3) is 0 Å². The SMILES string of the molecule is CCN(C(=O)C(CN=[N+]=[N-])CS(C)(=O)=O)c1cn(-c2cccnc2)nc1C. The van der Waals surface area contributed by atoms with Crippen LogP contribution in [0.5, 0.6) is 0 Å².